The molecule has 1 aliphatic carbocycles. The highest BCUT2D eigenvalue weighted by molar-refractivity contribution is 4.89. The van der Waals surface area contributed by atoms with E-state index in [9.17, 15) is 0 Å². The number of nitrogens with one attached hydrogen (secondary N) is 1. The van der Waals surface area contributed by atoms with E-state index >= 15 is 0 Å². The molecule has 124 valence electrons. The summed E-state index contributed by atoms with van der Waals surface area (Å²) in [5.74, 6) is 0. The molecule has 3 nitrogen and oxygen atoms in total. The third-order valence-electron chi connectivity index (χ3n) is 5.88. The highest BCUT2D eigenvalue weighted by atomic mass is 15.2. The van der Waals surface area contributed by atoms with Gasteiger partial charge in [0.1, 0.15) is 0 Å². The summed E-state index contributed by atoms with van der Waals surface area (Å²) in [6, 6.07) is 1.63. The molecular formula is C18H37N3. The predicted molar refractivity (Wildman–Crippen MR) is 91.8 cm³/mol. The van der Waals surface area contributed by atoms with Gasteiger partial charge in [-0.1, -0.05) is 20.8 Å². The van der Waals surface area contributed by atoms with Gasteiger partial charge >= 0.3 is 0 Å². The minimum atomic E-state index is 0.465. The summed E-state index contributed by atoms with van der Waals surface area (Å²) >= 11 is 0. The lowest BCUT2D eigenvalue weighted by Crippen LogP contribution is -2.46. The Kier molecular flexibility index (Phi) is 6.51. The first-order valence-corrected chi connectivity index (χ1v) is 9.28. The molecule has 1 saturated heterocycles. The molecule has 3 heteroatoms. The van der Waals surface area contributed by atoms with Crippen LogP contribution in [0, 0.1) is 5.41 Å². The predicted octanol–water partition coefficient (Wildman–Crippen LogP) is 2.96. The van der Waals surface area contributed by atoms with Crippen molar-refractivity contribution in [2.75, 3.05) is 39.8 Å². The summed E-state index contributed by atoms with van der Waals surface area (Å²) in [5.41, 5.74) is 0.465. The summed E-state index contributed by atoms with van der Waals surface area (Å²) in [5, 5.41) is 3.78. The van der Waals surface area contributed by atoms with E-state index in [1.54, 1.807) is 0 Å². The molecule has 0 bridgehead atoms. The van der Waals surface area contributed by atoms with Gasteiger partial charge in [-0.15, -0.1) is 0 Å². The Morgan fingerprint density at radius 1 is 1.14 bits per heavy atom. The zero-order chi connectivity index (χ0) is 15.3. The van der Waals surface area contributed by atoms with E-state index < -0.39 is 0 Å². The lowest BCUT2D eigenvalue weighted by molar-refractivity contribution is 0.125. The zero-order valence-corrected chi connectivity index (χ0v) is 14.8. The van der Waals surface area contributed by atoms with Crippen LogP contribution < -0.4 is 5.32 Å². The first-order valence-electron chi connectivity index (χ1n) is 9.28. The quantitative estimate of drug-likeness (QED) is 0.668. The first kappa shape index (κ1) is 17.2. The van der Waals surface area contributed by atoms with Crippen molar-refractivity contribution < 1.29 is 0 Å². The third-order valence-corrected chi connectivity index (χ3v) is 5.88. The average Bonchev–Trinajstić information content (AvgIpc) is 3.22. The van der Waals surface area contributed by atoms with Gasteiger partial charge in [0, 0.05) is 31.7 Å². The summed E-state index contributed by atoms with van der Waals surface area (Å²) < 4.78 is 0. The van der Waals surface area contributed by atoms with Crippen molar-refractivity contribution >= 4 is 0 Å². The molecule has 1 unspecified atom stereocenters. The molecule has 1 aliphatic heterocycles. The van der Waals surface area contributed by atoms with Gasteiger partial charge in [-0.2, -0.15) is 0 Å². The molecule has 0 amide bonds. The molecule has 0 spiro atoms. The van der Waals surface area contributed by atoms with E-state index in [0.717, 1.165) is 12.1 Å². The number of hydrogen-bond acceptors (Lipinski definition) is 3. The molecule has 0 aromatic rings. The van der Waals surface area contributed by atoms with Gasteiger partial charge in [0.05, 0.1) is 0 Å². The highest BCUT2D eigenvalue weighted by Gasteiger charge is 2.32. The molecule has 21 heavy (non-hydrogen) atoms. The van der Waals surface area contributed by atoms with E-state index in [4.69, 9.17) is 0 Å². The fourth-order valence-corrected chi connectivity index (χ4v) is 3.94. The van der Waals surface area contributed by atoms with Crippen molar-refractivity contribution in [3.63, 3.8) is 0 Å². The van der Waals surface area contributed by atoms with Crippen LogP contribution in [0.3, 0.4) is 0 Å². The topological polar surface area (TPSA) is 18.5 Å². The van der Waals surface area contributed by atoms with Crippen LogP contribution in [-0.4, -0.2) is 61.7 Å². The third kappa shape index (κ3) is 4.94. The second-order valence-corrected chi connectivity index (χ2v) is 7.48. The molecule has 0 aromatic carbocycles. The van der Waals surface area contributed by atoms with E-state index in [2.05, 4.69) is 42.9 Å². The molecule has 2 aliphatic rings. The van der Waals surface area contributed by atoms with Crippen LogP contribution in [0.2, 0.25) is 0 Å². The smallest absolute Gasteiger partial charge is 0.0223 e. The van der Waals surface area contributed by atoms with Crippen LogP contribution in [0.15, 0.2) is 0 Å². The van der Waals surface area contributed by atoms with Crippen molar-refractivity contribution in [1.82, 2.24) is 15.1 Å². The van der Waals surface area contributed by atoms with Gasteiger partial charge in [-0.25, -0.2) is 0 Å². The van der Waals surface area contributed by atoms with Crippen LogP contribution >= 0.6 is 0 Å². The fourth-order valence-electron chi connectivity index (χ4n) is 3.94. The van der Waals surface area contributed by atoms with Gasteiger partial charge in [0.2, 0.25) is 0 Å². The SMILES string of the molecule is CCN1CCCC1CN(C)CC(CC)(CC)CNC1CC1. The van der Waals surface area contributed by atoms with Crippen LogP contribution in [0.1, 0.15) is 59.3 Å². The Morgan fingerprint density at radius 3 is 2.43 bits per heavy atom. The molecular weight excluding hydrogens is 258 g/mol. The van der Waals surface area contributed by atoms with Crippen molar-refractivity contribution in [3.05, 3.63) is 0 Å². The van der Waals surface area contributed by atoms with E-state index in [1.807, 2.05) is 0 Å². The summed E-state index contributed by atoms with van der Waals surface area (Å²) in [6.45, 7) is 13.3. The summed E-state index contributed by atoms with van der Waals surface area (Å²) in [6.07, 6.45) is 8.15. The minimum absolute atomic E-state index is 0.465. The standard InChI is InChI=1S/C18H37N3/c1-5-18(6-2,14-19-16-10-11-16)15-20(4)13-17-9-8-12-21(17)7-3/h16-17,19H,5-15H2,1-4H3. The molecule has 1 heterocycles. The first-order chi connectivity index (χ1) is 10.1. The van der Waals surface area contributed by atoms with Crippen molar-refractivity contribution in [1.29, 1.82) is 0 Å². The van der Waals surface area contributed by atoms with Gasteiger partial charge in [0.25, 0.3) is 0 Å². The maximum absolute atomic E-state index is 3.78. The molecule has 0 aromatic heterocycles. The van der Waals surface area contributed by atoms with Crippen LogP contribution in [0.5, 0.6) is 0 Å². The summed E-state index contributed by atoms with van der Waals surface area (Å²) in [7, 11) is 2.34. The van der Waals surface area contributed by atoms with Crippen molar-refractivity contribution in [3.8, 4) is 0 Å². The Morgan fingerprint density at radius 2 is 1.86 bits per heavy atom. The van der Waals surface area contributed by atoms with Crippen LogP contribution in [-0.2, 0) is 0 Å². The maximum Gasteiger partial charge on any atom is 0.0223 e. The molecule has 1 N–H and O–H groups in total. The zero-order valence-electron chi connectivity index (χ0n) is 14.8. The van der Waals surface area contributed by atoms with E-state index in [0.29, 0.717) is 5.41 Å². The monoisotopic (exact) mass is 295 g/mol. The van der Waals surface area contributed by atoms with Gasteiger partial charge in [-0.05, 0) is 64.1 Å². The summed E-state index contributed by atoms with van der Waals surface area (Å²) in [4.78, 5) is 5.28. The normalized spacial score (nSPS) is 24.1. The number of rotatable bonds is 10. The largest absolute Gasteiger partial charge is 0.313 e. The second-order valence-electron chi connectivity index (χ2n) is 7.48. The Labute approximate surface area is 132 Å². The number of hydrogen-bond donors (Lipinski definition) is 1. The Bertz CT molecular complexity index is 297. The molecule has 1 atom stereocenters. The minimum Gasteiger partial charge on any atom is -0.313 e. The fraction of sp³-hybridized carbons (Fsp3) is 1.00. The number of likely N-dealkylation sites (tertiary alicyclic amines) is 1. The van der Waals surface area contributed by atoms with Crippen molar-refractivity contribution in [2.24, 2.45) is 5.41 Å². The number of nitrogens with zero attached hydrogens (tertiary/aromatic N) is 2. The Hall–Kier alpha value is -0.120. The van der Waals surface area contributed by atoms with Crippen molar-refractivity contribution in [2.45, 2.75) is 71.4 Å². The lowest BCUT2D eigenvalue weighted by atomic mass is 9.81. The van der Waals surface area contributed by atoms with E-state index in [1.165, 1.54) is 71.2 Å². The van der Waals surface area contributed by atoms with Gasteiger partial charge in [0.15, 0.2) is 0 Å². The highest BCUT2D eigenvalue weighted by Crippen LogP contribution is 2.29. The van der Waals surface area contributed by atoms with Crippen LogP contribution in [0.4, 0.5) is 0 Å². The van der Waals surface area contributed by atoms with Crippen LogP contribution in [0.25, 0.3) is 0 Å². The van der Waals surface area contributed by atoms with E-state index in [-0.39, 0.29) is 0 Å². The second kappa shape index (κ2) is 7.94. The Balaban J connectivity index is 1.82. The number of likely N-dealkylation sites (N-methyl/N-ethyl adjacent to an activating group) is 2. The van der Waals surface area contributed by atoms with Gasteiger partial charge < -0.3 is 10.2 Å². The molecule has 2 fully saturated rings. The average molecular weight is 296 g/mol. The molecule has 0 radical (unpaired) electrons. The van der Waals surface area contributed by atoms with Gasteiger partial charge in [-0.3, -0.25) is 4.90 Å². The lowest BCUT2D eigenvalue weighted by Gasteiger charge is -2.38. The molecule has 2 rings (SSSR count). The maximum atomic E-state index is 3.78. The molecule has 1 saturated carbocycles.